The summed E-state index contributed by atoms with van der Waals surface area (Å²) in [6, 6.07) is 8.29. The van der Waals surface area contributed by atoms with Crippen LogP contribution in [0.3, 0.4) is 0 Å². The van der Waals surface area contributed by atoms with Gasteiger partial charge in [0.2, 0.25) is 0 Å². The van der Waals surface area contributed by atoms with Crippen LogP contribution in [0.4, 0.5) is 0 Å². The van der Waals surface area contributed by atoms with E-state index in [1.165, 1.54) is 17.3 Å². The number of halogens is 1. The summed E-state index contributed by atoms with van der Waals surface area (Å²) in [6.07, 6.45) is -1.34. The molecule has 0 unspecified atom stereocenters. The standard InChI is InChI=1S/C19H19BrN2O7/c20-7-6-12-9-22(19(27)21-17(12)25)15-8-13(23)14(29-15)10-28-18(26)16(24)11-4-2-1-3-5-11/h1-7,9,13-16,23-24H,8,10H2,(H,21,25,27)/b7-6+/t13-,14+,15+,16+/m0/s1. The smallest absolute Gasteiger partial charge is 0.339 e. The van der Waals surface area contributed by atoms with Crippen LogP contribution in [0.2, 0.25) is 0 Å². The molecule has 0 bridgehead atoms. The van der Waals surface area contributed by atoms with E-state index in [1.807, 2.05) is 0 Å². The van der Waals surface area contributed by atoms with Gasteiger partial charge in [-0.05, 0) is 16.6 Å². The summed E-state index contributed by atoms with van der Waals surface area (Å²) in [6.45, 7) is -0.299. The Bertz CT molecular complexity index is 1000. The molecule has 29 heavy (non-hydrogen) atoms. The van der Waals surface area contributed by atoms with Gasteiger partial charge >= 0.3 is 11.7 Å². The number of benzene rings is 1. The summed E-state index contributed by atoms with van der Waals surface area (Å²) in [5, 5.41) is 20.3. The highest BCUT2D eigenvalue weighted by atomic mass is 79.9. The molecule has 10 heteroatoms. The van der Waals surface area contributed by atoms with Crippen LogP contribution in [0.5, 0.6) is 0 Å². The van der Waals surface area contributed by atoms with Gasteiger partial charge in [-0.25, -0.2) is 9.59 Å². The van der Waals surface area contributed by atoms with Crippen LogP contribution in [-0.4, -0.2) is 44.5 Å². The SMILES string of the molecule is O=C(OC[C@H]1O[C@@H](n2cc(/C=C/Br)c(=O)[nH]c2=O)C[C@@H]1O)[C@H](O)c1ccccc1. The van der Waals surface area contributed by atoms with Crippen LogP contribution in [0.15, 0.2) is 51.1 Å². The number of aromatic amines is 1. The fourth-order valence-corrected chi connectivity index (χ4v) is 3.24. The summed E-state index contributed by atoms with van der Waals surface area (Å²) in [7, 11) is 0. The number of nitrogens with zero attached hydrogens (tertiary/aromatic N) is 1. The maximum absolute atomic E-state index is 12.1. The van der Waals surface area contributed by atoms with Gasteiger partial charge in [-0.15, -0.1) is 0 Å². The number of H-pyrrole nitrogens is 1. The first kappa shape index (κ1) is 21.2. The predicted octanol–water partition coefficient (Wildman–Crippen LogP) is 0.827. The van der Waals surface area contributed by atoms with E-state index in [0.717, 1.165) is 4.57 Å². The molecule has 9 nitrogen and oxygen atoms in total. The van der Waals surface area contributed by atoms with Gasteiger partial charge in [0.05, 0.1) is 11.7 Å². The Kier molecular flexibility index (Phi) is 6.80. The Labute approximate surface area is 173 Å². The van der Waals surface area contributed by atoms with Crippen molar-refractivity contribution in [2.75, 3.05) is 6.61 Å². The lowest BCUT2D eigenvalue weighted by molar-refractivity contribution is -0.160. The molecule has 154 valence electrons. The van der Waals surface area contributed by atoms with E-state index in [9.17, 15) is 24.6 Å². The van der Waals surface area contributed by atoms with Crippen LogP contribution in [0, 0.1) is 0 Å². The van der Waals surface area contributed by atoms with E-state index < -0.39 is 41.8 Å². The molecular weight excluding hydrogens is 448 g/mol. The molecule has 0 saturated carbocycles. The van der Waals surface area contributed by atoms with Crippen molar-refractivity contribution in [1.29, 1.82) is 0 Å². The molecular formula is C19H19BrN2O7. The molecule has 3 rings (SSSR count). The quantitative estimate of drug-likeness (QED) is 0.537. The second-order valence-corrected chi connectivity index (χ2v) is 6.95. The Morgan fingerprint density at radius 3 is 2.79 bits per heavy atom. The molecule has 2 heterocycles. The number of ether oxygens (including phenoxy) is 2. The molecule has 1 aliphatic heterocycles. The number of nitrogens with one attached hydrogen (secondary N) is 1. The van der Waals surface area contributed by atoms with Gasteiger partial charge in [-0.1, -0.05) is 46.3 Å². The van der Waals surface area contributed by atoms with Crippen LogP contribution >= 0.6 is 15.9 Å². The van der Waals surface area contributed by atoms with Crippen LogP contribution in [0.1, 0.15) is 29.9 Å². The Hall–Kier alpha value is -2.53. The van der Waals surface area contributed by atoms with Gasteiger partial charge in [0.25, 0.3) is 5.56 Å². The van der Waals surface area contributed by atoms with E-state index in [4.69, 9.17) is 9.47 Å². The molecule has 3 N–H and O–H groups in total. The highest BCUT2D eigenvalue weighted by Crippen LogP contribution is 2.28. The molecule has 4 atom stereocenters. The van der Waals surface area contributed by atoms with Crippen molar-refractivity contribution in [3.05, 3.63) is 73.5 Å². The van der Waals surface area contributed by atoms with E-state index in [1.54, 1.807) is 30.3 Å². The number of aliphatic hydroxyl groups excluding tert-OH is 2. The van der Waals surface area contributed by atoms with E-state index in [2.05, 4.69) is 20.9 Å². The van der Waals surface area contributed by atoms with Gasteiger partial charge in [-0.2, -0.15) is 0 Å². The molecule has 1 aromatic carbocycles. The molecule has 0 spiro atoms. The minimum absolute atomic E-state index is 0.0624. The van der Waals surface area contributed by atoms with Crippen molar-refractivity contribution in [1.82, 2.24) is 9.55 Å². The third-order valence-corrected chi connectivity index (χ3v) is 4.75. The van der Waals surface area contributed by atoms with E-state index >= 15 is 0 Å². The fraction of sp³-hybridized carbons (Fsp3) is 0.316. The van der Waals surface area contributed by atoms with Gasteiger partial charge in [0.15, 0.2) is 6.10 Å². The number of aromatic nitrogens is 2. The summed E-state index contributed by atoms with van der Waals surface area (Å²) in [5.74, 6) is -0.874. The summed E-state index contributed by atoms with van der Waals surface area (Å²) in [5.41, 5.74) is -0.632. The minimum Gasteiger partial charge on any atom is -0.461 e. The zero-order valence-corrected chi connectivity index (χ0v) is 16.7. The number of carbonyl (C=O) groups is 1. The highest BCUT2D eigenvalue weighted by molar-refractivity contribution is 9.11. The van der Waals surface area contributed by atoms with Crippen molar-refractivity contribution >= 4 is 28.0 Å². The topological polar surface area (TPSA) is 131 Å². The third kappa shape index (κ3) is 4.91. The first-order chi connectivity index (χ1) is 13.9. The molecule has 1 saturated heterocycles. The molecule has 0 radical (unpaired) electrons. The fourth-order valence-electron chi connectivity index (χ4n) is 2.95. The molecule has 1 fully saturated rings. The van der Waals surface area contributed by atoms with Gasteiger partial charge in [0, 0.05) is 12.6 Å². The number of esters is 1. The summed E-state index contributed by atoms with van der Waals surface area (Å²) < 4.78 is 11.9. The normalized spacial score (nSPS) is 22.7. The van der Waals surface area contributed by atoms with Crippen LogP contribution < -0.4 is 11.2 Å². The number of rotatable bonds is 6. The van der Waals surface area contributed by atoms with Crippen molar-refractivity contribution in [2.45, 2.75) is 31.0 Å². The van der Waals surface area contributed by atoms with Gasteiger partial charge in [0.1, 0.15) is 18.9 Å². The lowest BCUT2D eigenvalue weighted by atomic mass is 10.1. The van der Waals surface area contributed by atoms with E-state index in [-0.39, 0.29) is 18.6 Å². The van der Waals surface area contributed by atoms with Gasteiger partial charge in [-0.3, -0.25) is 14.3 Å². The lowest BCUT2D eigenvalue weighted by Gasteiger charge is -2.17. The highest BCUT2D eigenvalue weighted by Gasteiger charge is 2.37. The molecule has 2 aromatic rings. The number of hydrogen-bond donors (Lipinski definition) is 3. The minimum atomic E-state index is -1.45. The summed E-state index contributed by atoms with van der Waals surface area (Å²) in [4.78, 5) is 39.6. The second-order valence-electron chi connectivity index (χ2n) is 6.42. The molecule has 0 amide bonds. The summed E-state index contributed by atoms with van der Waals surface area (Å²) >= 11 is 3.07. The number of aliphatic hydroxyl groups is 2. The van der Waals surface area contributed by atoms with Crippen LogP contribution in [0.25, 0.3) is 6.08 Å². The molecule has 1 aromatic heterocycles. The Morgan fingerprint density at radius 1 is 1.38 bits per heavy atom. The first-order valence-electron chi connectivity index (χ1n) is 8.76. The largest absolute Gasteiger partial charge is 0.461 e. The monoisotopic (exact) mass is 466 g/mol. The molecule has 1 aliphatic rings. The zero-order chi connectivity index (χ0) is 21.0. The number of hydrogen-bond acceptors (Lipinski definition) is 7. The average Bonchev–Trinajstić information content (AvgIpc) is 3.08. The van der Waals surface area contributed by atoms with Crippen molar-refractivity contribution in [3.8, 4) is 0 Å². The third-order valence-electron chi connectivity index (χ3n) is 4.48. The lowest BCUT2D eigenvalue weighted by Crippen LogP contribution is -2.33. The first-order valence-corrected chi connectivity index (χ1v) is 9.67. The second kappa shape index (κ2) is 9.31. The van der Waals surface area contributed by atoms with Crippen molar-refractivity contribution in [2.24, 2.45) is 0 Å². The Balaban J connectivity index is 1.66. The zero-order valence-electron chi connectivity index (χ0n) is 15.1. The Morgan fingerprint density at radius 2 is 2.10 bits per heavy atom. The number of carbonyl (C=O) groups excluding carboxylic acids is 1. The maximum atomic E-state index is 12.1. The predicted molar refractivity (Wildman–Crippen MR) is 106 cm³/mol. The molecule has 0 aliphatic carbocycles. The maximum Gasteiger partial charge on any atom is 0.339 e. The van der Waals surface area contributed by atoms with Crippen molar-refractivity contribution < 1.29 is 24.5 Å². The van der Waals surface area contributed by atoms with Crippen LogP contribution in [-0.2, 0) is 14.3 Å². The van der Waals surface area contributed by atoms with Crippen molar-refractivity contribution in [3.63, 3.8) is 0 Å². The van der Waals surface area contributed by atoms with Gasteiger partial charge < -0.3 is 19.7 Å². The average molecular weight is 467 g/mol. The van der Waals surface area contributed by atoms with E-state index in [0.29, 0.717) is 5.56 Å².